The van der Waals surface area contributed by atoms with Gasteiger partial charge in [-0.1, -0.05) is 30.9 Å². The summed E-state index contributed by atoms with van der Waals surface area (Å²) in [5.41, 5.74) is 0.719. The van der Waals surface area contributed by atoms with Gasteiger partial charge in [0.2, 0.25) is 5.91 Å². The summed E-state index contributed by atoms with van der Waals surface area (Å²) in [7, 11) is 0. The minimum atomic E-state index is -0.254. The first kappa shape index (κ1) is 24.2. The largest absolute Gasteiger partial charge is 0.489 e. The molecule has 0 aromatic heterocycles. The molecule has 0 aliphatic rings. The van der Waals surface area contributed by atoms with Gasteiger partial charge in [0.15, 0.2) is 5.96 Å². The Morgan fingerprint density at radius 2 is 1.96 bits per heavy atom. The van der Waals surface area contributed by atoms with Crippen LogP contribution in [0.2, 0.25) is 0 Å². The second-order valence-electron chi connectivity index (χ2n) is 6.55. The minimum Gasteiger partial charge on any atom is -0.489 e. The SMILES string of the molecule is C=CCOc1ccccc1CN=C(NCC)NCC(=O)NC(C)(C)C.I. The molecule has 0 heterocycles. The van der Waals surface area contributed by atoms with Crippen molar-refractivity contribution in [2.45, 2.75) is 39.8 Å². The highest BCUT2D eigenvalue weighted by Gasteiger charge is 2.13. The van der Waals surface area contributed by atoms with Crippen molar-refractivity contribution in [1.29, 1.82) is 0 Å². The predicted octanol–water partition coefficient (Wildman–Crippen LogP) is 2.84. The van der Waals surface area contributed by atoms with Crippen LogP contribution >= 0.6 is 24.0 Å². The van der Waals surface area contributed by atoms with Crippen LogP contribution in [0.5, 0.6) is 5.75 Å². The molecule has 0 aliphatic carbocycles. The fraction of sp³-hybridized carbons (Fsp3) is 0.474. The average molecular weight is 474 g/mol. The van der Waals surface area contributed by atoms with E-state index in [1.807, 2.05) is 52.0 Å². The summed E-state index contributed by atoms with van der Waals surface area (Å²) in [6.07, 6.45) is 1.71. The lowest BCUT2D eigenvalue weighted by atomic mass is 10.1. The van der Waals surface area contributed by atoms with E-state index >= 15 is 0 Å². The van der Waals surface area contributed by atoms with Gasteiger partial charge in [-0.3, -0.25) is 4.79 Å². The smallest absolute Gasteiger partial charge is 0.239 e. The molecule has 7 heteroatoms. The molecule has 6 nitrogen and oxygen atoms in total. The van der Waals surface area contributed by atoms with Crippen molar-refractivity contribution in [2.24, 2.45) is 4.99 Å². The number of nitrogens with zero attached hydrogens (tertiary/aromatic N) is 1. The Bertz CT molecular complexity index is 597. The van der Waals surface area contributed by atoms with Crippen molar-refractivity contribution in [3.63, 3.8) is 0 Å². The van der Waals surface area contributed by atoms with Crippen LogP contribution in [0.4, 0.5) is 0 Å². The van der Waals surface area contributed by atoms with Gasteiger partial charge in [-0.2, -0.15) is 0 Å². The summed E-state index contributed by atoms with van der Waals surface area (Å²) < 4.78 is 5.64. The number of nitrogens with one attached hydrogen (secondary N) is 3. The van der Waals surface area contributed by atoms with E-state index in [0.29, 0.717) is 25.7 Å². The van der Waals surface area contributed by atoms with E-state index in [2.05, 4.69) is 27.5 Å². The number of halogens is 1. The molecule has 0 fully saturated rings. The topological polar surface area (TPSA) is 74.8 Å². The number of hydrogen-bond acceptors (Lipinski definition) is 3. The molecule has 3 N–H and O–H groups in total. The molecule has 0 aliphatic heterocycles. The van der Waals surface area contributed by atoms with Gasteiger partial charge >= 0.3 is 0 Å². The Balaban J connectivity index is 0.00000625. The molecule has 0 atom stereocenters. The number of carbonyl (C=O) groups is 1. The van der Waals surface area contributed by atoms with Gasteiger partial charge in [0.05, 0.1) is 13.1 Å². The fourth-order valence-electron chi connectivity index (χ4n) is 2.06. The summed E-state index contributed by atoms with van der Waals surface area (Å²) >= 11 is 0. The molecule has 1 rings (SSSR count). The second-order valence-corrected chi connectivity index (χ2v) is 6.55. The molecule has 1 amide bonds. The molecule has 0 radical (unpaired) electrons. The standard InChI is InChI=1S/C19H30N4O2.HI/c1-6-12-25-16-11-9-8-10-15(16)13-21-18(20-7-2)22-14-17(24)23-19(3,4)5;/h6,8-11H,1,7,12-14H2,2-5H3,(H,23,24)(H2,20,21,22);1H. The van der Waals surface area contributed by atoms with Crippen LogP contribution in [0, 0.1) is 0 Å². The van der Waals surface area contributed by atoms with E-state index in [-0.39, 0.29) is 42.0 Å². The number of amides is 1. The summed E-state index contributed by atoms with van der Waals surface area (Å²) in [6, 6.07) is 7.75. The number of hydrogen-bond donors (Lipinski definition) is 3. The lowest BCUT2D eigenvalue weighted by Gasteiger charge is -2.21. The Morgan fingerprint density at radius 1 is 1.27 bits per heavy atom. The molecule has 1 aromatic carbocycles. The molecule has 26 heavy (non-hydrogen) atoms. The third-order valence-electron chi connectivity index (χ3n) is 3.01. The van der Waals surface area contributed by atoms with Crippen molar-refractivity contribution in [2.75, 3.05) is 19.7 Å². The zero-order valence-electron chi connectivity index (χ0n) is 16.1. The van der Waals surface area contributed by atoms with E-state index < -0.39 is 0 Å². The van der Waals surface area contributed by atoms with Crippen LogP contribution < -0.4 is 20.7 Å². The lowest BCUT2D eigenvalue weighted by molar-refractivity contribution is -0.121. The van der Waals surface area contributed by atoms with E-state index in [1.165, 1.54) is 0 Å². The van der Waals surface area contributed by atoms with Gasteiger partial charge < -0.3 is 20.7 Å². The van der Waals surface area contributed by atoms with Crippen LogP contribution in [0.1, 0.15) is 33.3 Å². The molecule has 146 valence electrons. The summed E-state index contributed by atoms with van der Waals surface area (Å²) in [5.74, 6) is 1.30. The van der Waals surface area contributed by atoms with Crippen molar-refractivity contribution in [3.8, 4) is 5.75 Å². The third kappa shape index (κ3) is 10.3. The molecule has 0 saturated carbocycles. The number of carbonyl (C=O) groups excluding carboxylic acids is 1. The van der Waals surface area contributed by atoms with Crippen molar-refractivity contribution in [1.82, 2.24) is 16.0 Å². The van der Waals surface area contributed by atoms with Gasteiger partial charge in [0.1, 0.15) is 12.4 Å². The molecular formula is C19H31IN4O2. The number of rotatable bonds is 8. The summed E-state index contributed by atoms with van der Waals surface area (Å²) in [5, 5.41) is 9.09. The normalized spacial score (nSPS) is 11.2. The first-order valence-electron chi connectivity index (χ1n) is 8.50. The Labute approximate surface area is 173 Å². The zero-order chi connectivity index (χ0) is 18.7. The quantitative estimate of drug-likeness (QED) is 0.235. The fourth-order valence-corrected chi connectivity index (χ4v) is 2.06. The number of aliphatic imine (C=N–C) groups is 1. The van der Waals surface area contributed by atoms with Crippen LogP contribution in [0.3, 0.4) is 0 Å². The van der Waals surface area contributed by atoms with Crippen LogP contribution in [0.25, 0.3) is 0 Å². The van der Waals surface area contributed by atoms with E-state index in [1.54, 1.807) is 6.08 Å². The van der Waals surface area contributed by atoms with E-state index in [9.17, 15) is 4.79 Å². The maximum absolute atomic E-state index is 11.9. The predicted molar refractivity (Wildman–Crippen MR) is 118 cm³/mol. The average Bonchev–Trinajstić information content (AvgIpc) is 2.54. The summed E-state index contributed by atoms with van der Waals surface area (Å²) in [4.78, 5) is 16.5. The van der Waals surface area contributed by atoms with Gasteiger partial charge in [0.25, 0.3) is 0 Å². The third-order valence-corrected chi connectivity index (χ3v) is 3.01. The molecular weight excluding hydrogens is 443 g/mol. The number of guanidine groups is 1. The maximum atomic E-state index is 11.9. The van der Waals surface area contributed by atoms with Gasteiger partial charge in [0, 0.05) is 17.6 Å². The number of ether oxygens (including phenoxy) is 1. The number of benzene rings is 1. The zero-order valence-corrected chi connectivity index (χ0v) is 18.4. The van der Waals surface area contributed by atoms with Crippen molar-refractivity contribution in [3.05, 3.63) is 42.5 Å². The van der Waals surface area contributed by atoms with Crippen molar-refractivity contribution < 1.29 is 9.53 Å². The summed E-state index contributed by atoms with van der Waals surface area (Å²) in [6.45, 7) is 13.3. The highest BCUT2D eigenvalue weighted by molar-refractivity contribution is 14.0. The van der Waals surface area contributed by atoms with Gasteiger partial charge in [-0.15, -0.1) is 24.0 Å². The van der Waals surface area contributed by atoms with Crippen molar-refractivity contribution >= 4 is 35.8 Å². The van der Waals surface area contributed by atoms with Gasteiger partial charge in [-0.05, 0) is 33.8 Å². The van der Waals surface area contributed by atoms with Crippen LogP contribution in [-0.4, -0.2) is 37.1 Å². The lowest BCUT2D eigenvalue weighted by Crippen LogP contribution is -2.48. The van der Waals surface area contributed by atoms with Crippen LogP contribution in [0.15, 0.2) is 41.9 Å². The number of para-hydroxylation sites is 1. The first-order valence-corrected chi connectivity index (χ1v) is 8.50. The van der Waals surface area contributed by atoms with E-state index in [0.717, 1.165) is 11.3 Å². The first-order chi connectivity index (χ1) is 11.9. The Hall–Kier alpha value is -1.77. The highest BCUT2D eigenvalue weighted by Crippen LogP contribution is 2.18. The minimum absolute atomic E-state index is 0. The molecule has 0 spiro atoms. The molecule has 0 unspecified atom stereocenters. The monoisotopic (exact) mass is 474 g/mol. The van der Waals surface area contributed by atoms with Crippen LogP contribution in [-0.2, 0) is 11.3 Å². The van der Waals surface area contributed by atoms with E-state index in [4.69, 9.17) is 4.74 Å². The highest BCUT2D eigenvalue weighted by atomic mass is 127. The maximum Gasteiger partial charge on any atom is 0.239 e. The molecule has 0 bridgehead atoms. The Morgan fingerprint density at radius 3 is 2.58 bits per heavy atom. The molecule has 0 saturated heterocycles. The van der Waals surface area contributed by atoms with Gasteiger partial charge in [-0.25, -0.2) is 4.99 Å². The Kier molecular flexibility index (Phi) is 11.7. The second kappa shape index (κ2) is 12.6. The molecule has 1 aromatic rings.